The molecule has 0 spiro atoms. The number of fused-ring (bicyclic) bond motifs is 2. The Labute approximate surface area is 173 Å². The van der Waals surface area contributed by atoms with Gasteiger partial charge in [0.25, 0.3) is 0 Å². The second-order valence-corrected chi connectivity index (χ2v) is 7.02. The maximum Gasteiger partial charge on any atom is 0.250 e. The number of carbonyl (C=O) groups is 2. The summed E-state index contributed by atoms with van der Waals surface area (Å²) >= 11 is 0. The summed E-state index contributed by atoms with van der Waals surface area (Å²) < 4.78 is 0. The predicted molar refractivity (Wildman–Crippen MR) is 114 cm³/mol. The lowest BCUT2D eigenvalue weighted by Gasteiger charge is -2.32. The minimum atomic E-state index is -0.463. The molecule has 0 saturated heterocycles. The van der Waals surface area contributed by atoms with Crippen LogP contribution < -0.4 is 9.80 Å². The van der Waals surface area contributed by atoms with Gasteiger partial charge < -0.3 is 4.90 Å². The topological polar surface area (TPSA) is 82.9 Å². The highest BCUT2D eigenvalue weighted by Crippen LogP contribution is 2.29. The van der Waals surface area contributed by atoms with Crippen LogP contribution in [0.2, 0.25) is 0 Å². The van der Waals surface area contributed by atoms with Crippen molar-refractivity contribution in [1.29, 1.82) is 0 Å². The van der Waals surface area contributed by atoms with Crippen LogP contribution in [-0.2, 0) is 20.8 Å². The Kier molecular flexibility index (Phi) is 5.63. The van der Waals surface area contributed by atoms with E-state index in [-0.39, 0.29) is 19.0 Å². The maximum atomic E-state index is 13.3. The number of nitrogens with zero attached hydrogens (tertiary/aromatic N) is 4. The zero-order valence-electron chi connectivity index (χ0n) is 16.3. The lowest BCUT2D eigenvalue weighted by molar-refractivity contribution is -0.121. The Hall–Kier alpha value is -3.83. The first-order valence-electron chi connectivity index (χ1n) is 9.75. The van der Waals surface area contributed by atoms with E-state index in [4.69, 9.17) is 0 Å². The highest BCUT2D eigenvalue weighted by atomic mass is 16.2. The van der Waals surface area contributed by atoms with E-state index in [1.165, 1.54) is 11.0 Å². The highest BCUT2D eigenvalue weighted by Gasteiger charge is 2.27. The van der Waals surface area contributed by atoms with Crippen molar-refractivity contribution >= 4 is 40.2 Å². The summed E-state index contributed by atoms with van der Waals surface area (Å²) in [6.45, 7) is 0.0476. The summed E-state index contributed by atoms with van der Waals surface area (Å²) in [5, 5.41) is 0.849. The molecule has 0 atom stereocenters. The van der Waals surface area contributed by atoms with E-state index >= 15 is 0 Å². The molecule has 3 aromatic rings. The van der Waals surface area contributed by atoms with Crippen molar-refractivity contribution in [3.05, 3.63) is 66.4 Å². The molecule has 0 N–H and O–H groups in total. The Morgan fingerprint density at radius 2 is 1.93 bits per heavy atom. The van der Waals surface area contributed by atoms with E-state index in [9.17, 15) is 14.4 Å². The zero-order valence-corrected chi connectivity index (χ0v) is 16.3. The lowest BCUT2D eigenvalue weighted by Crippen LogP contribution is -2.45. The molecular formula is C23H20N4O3. The van der Waals surface area contributed by atoms with Crippen molar-refractivity contribution in [2.45, 2.75) is 12.8 Å². The van der Waals surface area contributed by atoms with Crippen LogP contribution in [0.3, 0.4) is 0 Å². The van der Waals surface area contributed by atoms with Crippen LogP contribution >= 0.6 is 0 Å². The molecule has 7 nitrogen and oxygen atoms in total. The van der Waals surface area contributed by atoms with Gasteiger partial charge in [-0.1, -0.05) is 36.4 Å². The fourth-order valence-corrected chi connectivity index (χ4v) is 3.81. The molecule has 1 aromatic heterocycles. The smallest absolute Gasteiger partial charge is 0.250 e. The number of amides is 2. The molecule has 2 aromatic carbocycles. The fourth-order valence-electron chi connectivity index (χ4n) is 3.81. The van der Waals surface area contributed by atoms with Crippen LogP contribution in [0.25, 0.3) is 10.9 Å². The Balaban J connectivity index is 1.70. The Morgan fingerprint density at radius 1 is 1.10 bits per heavy atom. The number of pyridine rings is 1. The maximum absolute atomic E-state index is 13.3. The summed E-state index contributed by atoms with van der Waals surface area (Å²) in [5.74, 6) is -0.659. The Bertz CT molecular complexity index is 1150. The molecule has 1 aliphatic heterocycles. The van der Waals surface area contributed by atoms with Crippen molar-refractivity contribution < 1.29 is 14.4 Å². The fraction of sp³-hybridized carbons (Fsp3) is 0.217. The van der Waals surface area contributed by atoms with Crippen molar-refractivity contribution in [2.75, 3.05) is 29.4 Å². The number of hydrogen-bond acceptors (Lipinski definition) is 5. The summed E-state index contributed by atoms with van der Waals surface area (Å²) in [7, 11) is 0. The number of anilines is 2. The summed E-state index contributed by atoms with van der Waals surface area (Å²) in [5.41, 5.74) is 3.11. The van der Waals surface area contributed by atoms with Crippen LogP contribution in [0.1, 0.15) is 12.0 Å². The third-order valence-electron chi connectivity index (χ3n) is 5.19. The lowest BCUT2D eigenvalue weighted by atomic mass is 10.0. The second-order valence-electron chi connectivity index (χ2n) is 7.02. The molecule has 0 saturated carbocycles. The minimum Gasteiger partial charge on any atom is -0.311 e. The zero-order chi connectivity index (χ0) is 20.9. The molecule has 0 unspecified atom stereocenters. The SMILES string of the molecule is O=C=NCC(=O)N(CC(=O)N1CCCc2ccccc21)c1cccc2cccnc12. The highest BCUT2D eigenvalue weighted by molar-refractivity contribution is 6.08. The Morgan fingerprint density at radius 3 is 2.80 bits per heavy atom. The molecular weight excluding hydrogens is 380 g/mol. The van der Waals surface area contributed by atoms with Crippen LogP contribution in [0.15, 0.2) is 65.8 Å². The molecule has 30 heavy (non-hydrogen) atoms. The number of isocyanates is 1. The van der Waals surface area contributed by atoms with Gasteiger partial charge in [0.2, 0.25) is 17.9 Å². The molecule has 0 radical (unpaired) electrons. The van der Waals surface area contributed by atoms with Gasteiger partial charge >= 0.3 is 0 Å². The normalized spacial score (nSPS) is 12.7. The minimum absolute atomic E-state index is 0.169. The van der Waals surface area contributed by atoms with Gasteiger partial charge in [-0.05, 0) is 36.6 Å². The molecule has 7 heteroatoms. The van der Waals surface area contributed by atoms with Crippen LogP contribution in [0, 0.1) is 0 Å². The van der Waals surface area contributed by atoms with Gasteiger partial charge in [0.1, 0.15) is 13.1 Å². The first kappa shape index (κ1) is 19.5. The predicted octanol–water partition coefficient (Wildman–Crippen LogP) is 2.88. The summed E-state index contributed by atoms with van der Waals surface area (Å²) in [6.07, 6.45) is 4.81. The van der Waals surface area contributed by atoms with Gasteiger partial charge in [-0.2, -0.15) is 4.99 Å². The van der Waals surface area contributed by atoms with Gasteiger partial charge in [-0.15, -0.1) is 0 Å². The van der Waals surface area contributed by atoms with Gasteiger partial charge in [0, 0.05) is 23.8 Å². The number of carbonyl (C=O) groups excluding carboxylic acids is 3. The second kappa shape index (κ2) is 8.68. The quantitative estimate of drug-likeness (QED) is 0.487. The van der Waals surface area contributed by atoms with E-state index in [0.29, 0.717) is 17.7 Å². The van der Waals surface area contributed by atoms with E-state index in [0.717, 1.165) is 29.5 Å². The first-order valence-corrected chi connectivity index (χ1v) is 9.75. The van der Waals surface area contributed by atoms with E-state index in [1.54, 1.807) is 17.2 Å². The average molecular weight is 400 g/mol. The van der Waals surface area contributed by atoms with Gasteiger partial charge in [0.15, 0.2) is 0 Å². The van der Waals surface area contributed by atoms with Crippen molar-refractivity contribution in [3.8, 4) is 0 Å². The number of para-hydroxylation sites is 2. The number of aryl methyl sites for hydroxylation is 1. The monoisotopic (exact) mass is 400 g/mol. The molecule has 4 rings (SSSR count). The third kappa shape index (κ3) is 3.83. The average Bonchev–Trinajstić information content (AvgIpc) is 2.80. The standard InChI is InChI=1S/C23H20N4O3/c28-16-24-14-21(29)27(20-11-3-7-18-8-4-12-25-23(18)20)15-22(30)26-13-5-9-17-6-1-2-10-19(17)26/h1-4,6-8,10-12H,5,9,13-15H2. The molecule has 2 heterocycles. The van der Waals surface area contributed by atoms with Crippen molar-refractivity contribution in [1.82, 2.24) is 4.98 Å². The number of rotatable bonds is 5. The first-order chi connectivity index (χ1) is 14.7. The van der Waals surface area contributed by atoms with Crippen molar-refractivity contribution in [3.63, 3.8) is 0 Å². The van der Waals surface area contributed by atoms with Crippen LogP contribution in [-0.4, -0.2) is 42.5 Å². The number of aliphatic imine (C=N–C) groups is 1. The number of hydrogen-bond donors (Lipinski definition) is 0. The molecule has 0 fully saturated rings. The van der Waals surface area contributed by atoms with E-state index < -0.39 is 5.91 Å². The number of aromatic nitrogens is 1. The number of benzene rings is 2. The van der Waals surface area contributed by atoms with Crippen LogP contribution in [0.5, 0.6) is 0 Å². The molecule has 0 aliphatic carbocycles. The van der Waals surface area contributed by atoms with Crippen LogP contribution in [0.4, 0.5) is 11.4 Å². The van der Waals surface area contributed by atoms with E-state index in [1.807, 2.05) is 48.5 Å². The van der Waals surface area contributed by atoms with Gasteiger partial charge in [-0.3, -0.25) is 19.5 Å². The molecule has 1 aliphatic rings. The summed E-state index contributed by atoms with van der Waals surface area (Å²) in [4.78, 5) is 47.6. The van der Waals surface area contributed by atoms with Gasteiger partial charge in [0.05, 0.1) is 11.2 Å². The van der Waals surface area contributed by atoms with Crippen molar-refractivity contribution in [2.24, 2.45) is 4.99 Å². The molecule has 150 valence electrons. The third-order valence-corrected chi connectivity index (χ3v) is 5.19. The van der Waals surface area contributed by atoms with E-state index in [2.05, 4.69) is 9.98 Å². The molecule has 2 amide bonds. The summed E-state index contributed by atoms with van der Waals surface area (Å²) in [6, 6.07) is 17.0. The largest absolute Gasteiger partial charge is 0.311 e. The molecule has 0 bridgehead atoms. The van der Waals surface area contributed by atoms with Gasteiger partial charge in [-0.25, -0.2) is 4.79 Å².